The van der Waals surface area contributed by atoms with Gasteiger partial charge in [-0.15, -0.1) is 0 Å². The Morgan fingerprint density at radius 3 is 2.05 bits per heavy atom. The van der Waals surface area contributed by atoms with Gasteiger partial charge in [0.2, 0.25) is 0 Å². The summed E-state index contributed by atoms with van der Waals surface area (Å²) in [6.07, 6.45) is 3.84. The van der Waals surface area contributed by atoms with Crippen LogP contribution in [-0.4, -0.2) is 29.6 Å². The van der Waals surface area contributed by atoms with E-state index in [0.29, 0.717) is 0 Å². The van der Waals surface area contributed by atoms with E-state index in [9.17, 15) is 5.11 Å². The third-order valence-electron chi connectivity index (χ3n) is 4.67. The molecule has 0 saturated carbocycles. The van der Waals surface area contributed by atoms with Gasteiger partial charge >= 0.3 is 0 Å². The zero-order valence-electron chi connectivity index (χ0n) is 13.4. The van der Waals surface area contributed by atoms with Gasteiger partial charge in [-0.2, -0.15) is 0 Å². The first-order chi connectivity index (χ1) is 9.33. The molecule has 1 atom stereocenters. The lowest BCUT2D eigenvalue weighted by Gasteiger charge is -2.44. The fraction of sp³-hybridized carbons (Fsp3) is 0.667. The number of nitrogens with zero attached hydrogens (tertiary/aromatic N) is 1. The number of aryl methyl sites for hydroxylation is 1. The lowest BCUT2D eigenvalue weighted by molar-refractivity contribution is -0.0893. The van der Waals surface area contributed by atoms with E-state index in [1.165, 1.54) is 24.8 Å². The molecule has 1 aliphatic heterocycles. The van der Waals surface area contributed by atoms with Crippen molar-refractivity contribution in [3.05, 3.63) is 35.4 Å². The summed E-state index contributed by atoms with van der Waals surface area (Å²) in [6, 6.07) is 8.37. The maximum absolute atomic E-state index is 11.4. The molecule has 112 valence electrons. The molecule has 1 saturated heterocycles. The van der Waals surface area contributed by atoms with Crippen LogP contribution in [0.5, 0.6) is 0 Å². The Morgan fingerprint density at radius 1 is 1.00 bits per heavy atom. The molecule has 1 N–H and O–H groups in total. The van der Waals surface area contributed by atoms with Crippen LogP contribution in [0.25, 0.3) is 0 Å². The number of hydrogen-bond acceptors (Lipinski definition) is 2. The average Bonchev–Trinajstić information content (AvgIpc) is 2.39. The van der Waals surface area contributed by atoms with Gasteiger partial charge in [-0.3, -0.25) is 0 Å². The molecule has 0 radical (unpaired) electrons. The molecule has 0 amide bonds. The van der Waals surface area contributed by atoms with Crippen LogP contribution in [0, 0.1) is 12.3 Å². The van der Waals surface area contributed by atoms with Crippen LogP contribution in [0.1, 0.15) is 51.2 Å². The van der Waals surface area contributed by atoms with Crippen LogP contribution in [0.15, 0.2) is 24.3 Å². The Balaban J connectivity index is 2.27. The van der Waals surface area contributed by atoms with Crippen LogP contribution in [0.3, 0.4) is 0 Å². The topological polar surface area (TPSA) is 23.5 Å². The van der Waals surface area contributed by atoms with Gasteiger partial charge in [0.1, 0.15) is 5.60 Å². The lowest BCUT2D eigenvalue weighted by Crippen LogP contribution is -2.50. The summed E-state index contributed by atoms with van der Waals surface area (Å²) in [7, 11) is 0. The fourth-order valence-corrected chi connectivity index (χ4v) is 3.03. The Hall–Kier alpha value is -0.860. The molecule has 1 unspecified atom stereocenters. The number of hydrogen-bond donors (Lipinski definition) is 1. The number of aliphatic hydroxyl groups is 1. The van der Waals surface area contributed by atoms with Gasteiger partial charge in [-0.1, -0.05) is 57.0 Å². The Bertz CT molecular complexity index is 426. The second-order valence-electron chi connectivity index (χ2n) is 7.31. The number of likely N-dealkylation sites (tertiary alicyclic amines) is 1. The predicted molar refractivity (Wildman–Crippen MR) is 84.8 cm³/mol. The van der Waals surface area contributed by atoms with Gasteiger partial charge < -0.3 is 10.0 Å². The van der Waals surface area contributed by atoms with Gasteiger partial charge in [0.05, 0.1) is 0 Å². The monoisotopic (exact) mass is 275 g/mol. The van der Waals surface area contributed by atoms with E-state index in [0.717, 1.165) is 25.2 Å². The number of piperidine rings is 1. The van der Waals surface area contributed by atoms with Crippen molar-refractivity contribution in [1.29, 1.82) is 0 Å². The van der Waals surface area contributed by atoms with Gasteiger partial charge in [0, 0.05) is 6.54 Å². The summed E-state index contributed by atoms with van der Waals surface area (Å²) in [6.45, 7) is 11.5. The SMILES string of the molecule is Cc1ccc(C(O)(CN2CCCCC2)C(C)(C)C)cc1. The molecule has 2 heteroatoms. The van der Waals surface area contributed by atoms with Crippen molar-refractivity contribution < 1.29 is 5.11 Å². The Kier molecular flexibility index (Phi) is 4.55. The minimum atomic E-state index is -0.794. The zero-order valence-corrected chi connectivity index (χ0v) is 13.4. The van der Waals surface area contributed by atoms with Crippen molar-refractivity contribution in [1.82, 2.24) is 4.90 Å². The second kappa shape index (κ2) is 5.87. The van der Waals surface area contributed by atoms with Crippen molar-refractivity contribution >= 4 is 0 Å². The van der Waals surface area contributed by atoms with Crippen LogP contribution in [-0.2, 0) is 5.60 Å². The highest BCUT2D eigenvalue weighted by molar-refractivity contribution is 5.28. The molecular formula is C18H29NO. The summed E-state index contributed by atoms with van der Waals surface area (Å²) < 4.78 is 0. The molecule has 0 aromatic heterocycles. The predicted octanol–water partition coefficient (Wildman–Crippen LogP) is 3.71. The zero-order chi connectivity index (χ0) is 14.8. The quantitative estimate of drug-likeness (QED) is 0.909. The van der Waals surface area contributed by atoms with Gasteiger partial charge in [0.25, 0.3) is 0 Å². The number of rotatable bonds is 3. The molecule has 1 fully saturated rings. The normalized spacial score (nSPS) is 20.6. The van der Waals surface area contributed by atoms with Crippen LogP contribution in [0.4, 0.5) is 0 Å². The van der Waals surface area contributed by atoms with E-state index in [-0.39, 0.29) is 5.41 Å². The van der Waals surface area contributed by atoms with E-state index in [1.807, 2.05) is 0 Å². The molecule has 2 nitrogen and oxygen atoms in total. The van der Waals surface area contributed by atoms with Crippen molar-refractivity contribution in [2.45, 2.75) is 52.6 Å². The highest BCUT2D eigenvalue weighted by Crippen LogP contribution is 2.40. The van der Waals surface area contributed by atoms with Crippen molar-refractivity contribution in [3.8, 4) is 0 Å². The first kappa shape index (κ1) is 15.5. The summed E-state index contributed by atoms with van der Waals surface area (Å²) in [5, 5.41) is 11.4. The molecule has 0 bridgehead atoms. The fourth-order valence-electron chi connectivity index (χ4n) is 3.03. The molecular weight excluding hydrogens is 246 g/mol. The summed E-state index contributed by atoms with van der Waals surface area (Å²) >= 11 is 0. The summed E-state index contributed by atoms with van der Waals surface area (Å²) in [4.78, 5) is 2.43. The first-order valence-electron chi connectivity index (χ1n) is 7.85. The molecule has 1 aliphatic rings. The highest BCUT2D eigenvalue weighted by Gasteiger charge is 2.42. The van der Waals surface area contributed by atoms with E-state index >= 15 is 0 Å². The van der Waals surface area contributed by atoms with Crippen molar-refractivity contribution in [2.24, 2.45) is 5.41 Å². The van der Waals surface area contributed by atoms with E-state index < -0.39 is 5.60 Å². The minimum Gasteiger partial charge on any atom is -0.383 e. The standard InChI is InChI=1S/C18H29NO/c1-15-8-10-16(11-9-15)18(20,17(2,3)4)14-19-12-6-5-7-13-19/h8-11,20H,5-7,12-14H2,1-4H3. The van der Waals surface area contributed by atoms with Crippen LogP contribution >= 0.6 is 0 Å². The van der Waals surface area contributed by atoms with E-state index in [4.69, 9.17) is 0 Å². The summed E-state index contributed by atoms with van der Waals surface area (Å²) in [5.41, 5.74) is 1.31. The molecule has 0 spiro atoms. The molecule has 20 heavy (non-hydrogen) atoms. The van der Waals surface area contributed by atoms with E-state index in [1.54, 1.807) is 0 Å². The van der Waals surface area contributed by atoms with E-state index in [2.05, 4.69) is 56.9 Å². The maximum Gasteiger partial charge on any atom is 0.107 e. The lowest BCUT2D eigenvalue weighted by atomic mass is 9.71. The maximum atomic E-state index is 11.4. The van der Waals surface area contributed by atoms with Crippen molar-refractivity contribution in [3.63, 3.8) is 0 Å². The van der Waals surface area contributed by atoms with Gasteiger partial charge in [-0.25, -0.2) is 0 Å². The van der Waals surface area contributed by atoms with Gasteiger partial charge in [0.15, 0.2) is 0 Å². The average molecular weight is 275 g/mol. The highest BCUT2D eigenvalue weighted by atomic mass is 16.3. The van der Waals surface area contributed by atoms with Crippen LogP contribution in [0.2, 0.25) is 0 Å². The molecule has 1 aromatic rings. The molecule has 1 aromatic carbocycles. The molecule has 2 rings (SSSR count). The molecule has 1 heterocycles. The van der Waals surface area contributed by atoms with Crippen molar-refractivity contribution in [2.75, 3.05) is 19.6 Å². The van der Waals surface area contributed by atoms with Crippen LogP contribution < -0.4 is 0 Å². The third kappa shape index (κ3) is 3.24. The second-order valence-corrected chi connectivity index (χ2v) is 7.31. The Labute approximate surface area is 123 Å². The largest absolute Gasteiger partial charge is 0.383 e. The number of β-amino-alcohol motifs (C(OH)–C–C–N with tert-alkyl or cyclic N) is 1. The smallest absolute Gasteiger partial charge is 0.107 e. The molecule has 0 aliphatic carbocycles. The van der Waals surface area contributed by atoms with Gasteiger partial charge in [-0.05, 0) is 43.8 Å². The third-order valence-corrected chi connectivity index (χ3v) is 4.67. The first-order valence-corrected chi connectivity index (χ1v) is 7.85. The Morgan fingerprint density at radius 2 is 1.55 bits per heavy atom. The number of benzene rings is 1. The summed E-state index contributed by atoms with van der Waals surface area (Å²) in [5.74, 6) is 0. The minimum absolute atomic E-state index is 0.181.